The molecule has 1 aromatic heterocycles. The van der Waals surface area contributed by atoms with Gasteiger partial charge in [0.15, 0.2) is 0 Å². The fourth-order valence-corrected chi connectivity index (χ4v) is 6.95. The van der Waals surface area contributed by atoms with Gasteiger partial charge in [-0.3, -0.25) is 14.3 Å². The van der Waals surface area contributed by atoms with E-state index >= 15 is 0 Å². The quantitative estimate of drug-likeness (QED) is 0.729. The van der Waals surface area contributed by atoms with E-state index in [1.807, 2.05) is 16.8 Å². The first-order chi connectivity index (χ1) is 15.3. The molecule has 1 aliphatic carbocycles. The number of nitrogens with zero attached hydrogens (tertiary/aromatic N) is 4. The highest BCUT2D eigenvalue weighted by Crippen LogP contribution is 2.56. The lowest BCUT2D eigenvalue weighted by molar-refractivity contribution is -0.142. The van der Waals surface area contributed by atoms with E-state index in [-0.39, 0.29) is 47.4 Å². The Hall–Kier alpha value is -2.63. The van der Waals surface area contributed by atoms with Gasteiger partial charge in [0, 0.05) is 36.7 Å². The first-order valence-corrected chi connectivity index (χ1v) is 12.0. The Balaban J connectivity index is 1.60. The molecule has 3 aliphatic rings. The summed E-state index contributed by atoms with van der Waals surface area (Å²) < 4.78 is 1.84. The molecule has 6 nitrogen and oxygen atoms in total. The molecule has 2 aromatic rings. The van der Waals surface area contributed by atoms with Crippen molar-refractivity contribution in [1.29, 1.82) is 0 Å². The number of likely N-dealkylation sites (tertiary alicyclic amines) is 2. The maximum absolute atomic E-state index is 14.1. The maximum atomic E-state index is 14.1. The summed E-state index contributed by atoms with van der Waals surface area (Å²) in [6.07, 6.45) is 6.55. The number of rotatable bonds is 4. The highest BCUT2D eigenvalue weighted by Gasteiger charge is 2.64. The third kappa shape index (κ3) is 3.10. The van der Waals surface area contributed by atoms with E-state index in [0.29, 0.717) is 5.69 Å². The molecule has 1 aromatic carbocycles. The summed E-state index contributed by atoms with van der Waals surface area (Å²) in [6, 6.07) is 12.7. The van der Waals surface area contributed by atoms with Crippen molar-refractivity contribution in [3.63, 3.8) is 0 Å². The molecule has 5 rings (SSSR count). The molecule has 170 valence electrons. The van der Waals surface area contributed by atoms with Gasteiger partial charge < -0.3 is 9.80 Å². The van der Waals surface area contributed by atoms with Crippen molar-refractivity contribution in [2.45, 2.75) is 90.0 Å². The lowest BCUT2D eigenvalue weighted by atomic mass is 9.64. The fraction of sp³-hybridized carbons (Fsp3) is 0.577. The van der Waals surface area contributed by atoms with Crippen LogP contribution in [0.15, 0.2) is 42.6 Å². The minimum Gasteiger partial charge on any atom is -0.334 e. The Bertz CT molecular complexity index is 1020. The third-order valence-electron chi connectivity index (χ3n) is 8.22. The van der Waals surface area contributed by atoms with Gasteiger partial charge in [-0.15, -0.1) is 0 Å². The molecular formula is C26H34N4O2. The Kier molecular flexibility index (Phi) is 5.14. The predicted molar refractivity (Wildman–Crippen MR) is 123 cm³/mol. The maximum Gasteiger partial charge on any atom is 0.272 e. The van der Waals surface area contributed by atoms with Crippen LogP contribution in [0.3, 0.4) is 0 Å². The molecule has 6 heteroatoms. The number of fused-ring (bicyclic) bond motifs is 1. The van der Waals surface area contributed by atoms with E-state index in [9.17, 15) is 9.59 Å². The minimum atomic E-state index is -0.0554. The van der Waals surface area contributed by atoms with Crippen molar-refractivity contribution in [2.75, 3.05) is 0 Å². The number of amides is 2. The van der Waals surface area contributed by atoms with Crippen LogP contribution < -0.4 is 0 Å². The van der Waals surface area contributed by atoms with Gasteiger partial charge in [-0.2, -0.15) is 5.10 Å². The largest absolute Gasteiger partial charge is 0.334 e. The van der Waals surface area contributed by atoms with Gasteiger partial charge in [-0.1, -0.05) is 37.3 Å². The molecule has 2 saturated heterocycles. The second kappa shape index (κ2) is 7.75. The van der Waals surface area contributed by atoms with Crippen LogP contribution in [0.25, 0.3) is 0 Å². The van der Waals surface area contributed by atoms with Gasteiger partial charge >= 0.3 is 0 Å². The van der Waals surface area contributed by atoms with Crippen LogP contribution in [0.1, 0.15) is 75.5 Å². The van der Waals surface area contributed by atoms with Gasteiger partial charge in [-0.05, 0) is 57.6 Å². The van der Waals surface area contributed by atoms with Crippen molar-refractivity contribution in [2.24, 2.45) is 5.41 Å². The number of hydrogen-bond donors (Lipinski definition) is 0. The number of piperidine rings is 1. The van der Waals surface area contributed by atoms with Gasteiger partial charge in [0.2, 0.25) is 5.91 Å². The van der Waals surface area contributed by atoms with Gasteiger partial charge in [-0.25, -0.2) is 0 Å². The zero-order chi connectivity index (χ0) is 22.6. The van der Waals surface area contributed by atoms with Gasteiger partial charge in [0.25, 0.3) is 5.91 Å². The molecule has 0 N–H and O–H groups in total. The number of carbonyl (C=O) groups excluding carboxylic acids is 2. The van der Waals surface area contributed by atoms with Gasteiger partial charge in [0.05, 0.1) is 12.1 Å². The molecule has 3 heterocycles. The average molecular weight is 435 g/mol. The highest BCUT2D eigenvalue weighted by molar-refractivity contribution is 5.93. The average Bonchev–Trinajstić information content (AvgIpc) is 3.36. The second-order valence-corrected chi connectivity index (χ2v) is 10.4. The SMILES string of the molecule is CC(=O)N1[C@@H](Cc2ccccc2)[C@@H]2C[C@@]3(C)[C@H](CCC[C@@H]13)N2C(=O)c1ccnn1C(C)C. The van der Waals surface area contributed by atoms with Crippen LogP contribution in [0.2, 0.25) is 0 Å². The van der Waals surface area contributed by atoms with Crippen LogP contribution in [0, 0.1) is 5.41 Å². The molecule has 32 heavy (non-hydrogen) atoms. The summed E-state index contributed by atoms with van der Waals surface area (Å²) in [6.45, 7) is 8.13. The lowest BCUT2D eigenvalue weighted by Gasteiger charge is -2.52. The molecule has 0 radical (unpaired) electrons. The Labute approximate surface area is 190 Å². The molecule has 2 aliphatic heterocycles. The molecule has 5 atom stereocenters. The van der Waals surface area contributed by atoms with Crippen molar-refractivity contribution < 1.29 is 9.59 Å². The fourth-order valence-electron chi connectivity index (χ4n) is 6.95. The van der Waals surface area contributed by atoms with Crippen molar-refractivity contribution in [3.05, 3.63) is 53.9 Å². The normalized spacial score (nSPS) is 31.3. The first kappa shape index (κ1) is 21.2. The van der Waals surface area contributed by atoms with E-state index in [1.165, 1.54) is 5.56 Å². The molecule has 1 saturated carbocycles. The number of carbonyl (C=O) groups is 2. The van der Waals surface area contributed by atoms with Crippen LogP contribution in [-0.2, 0) is 11.2 Å². The standard InChI is InChI=1S/C26H34N4O2/c1-17(2)30-20(13-14-27-30)25(32)29-22-16-26(4)23(11-8-12-24(26)29)28(18(3)31)21(22)15-19-9-6-5-7-10-19/h5-7,9-10,13-14,17,21-24H,8,11-12,15-16H2,1-4H3/t21-,22-,23+,24-,26+/m0/s1. The highest BCUT2D eigenvalue weighted by atomic mass is 16.2. The molecule has 2 amide bonds. The van der Waals surface area contributed by atoms with E-state index in [0.717, 1.165) is 32.1 Å². The van der Waals surface area contributed by atoms with Crippen molar-refractivity contribution >= 4 is 11.8 Å². The topological polar surface area (TPSA) is 58.4 Å². The van der Waals surface area contributed by atoms with Crippen molar-refractivity contribution in [3.8, 4) is 0 Å². The van der Waals surface area contributed by atoms with Crippen LogP contribution in [0.4, 0.5) is 0 Å². The lowest BCUT2D eigenvalue weighted by Crippen LogP contribution is -2.62. The number of aromatic nitrogens is 2. The van der Waals surface area contributed by atoms with E-state index in [4.69, 9.17) is 0 Å². The molecule has 2 bridgehead atoms. The Morgan fingerprint density at radius 3 is 2.44 bits per heavy atom. The zero-order valence-electron chi connectivity index (χ0n) is 19.6. The third-order valence-corrected chi connectivity index (χ3v) is 8.22. The van der Waals surface area contributed by atoms with Crippen LogP contribution in [0.5, 0.6) is 0 Å². The summed E-state index contributed by atoms with van der Waals surface area (Å²) in [5.74, 6) is 0.202. The summed E-state index contributed by atoms with van der Waals surface area (Å²) >= 11 is 0. The number of hydrogen-bond acceptors (Lipinski definition) is 3. The van der Waals surface area contributed by atoms with E-state index in [1.54, 1.807) is 13.1 Å². The molecular weight excluding hydrogens is 400 g/mol. The van der Waals surface area contributed by atoms with Crippen molar-refractivity contribution in [1.82, 2.24) is 19.6 Å². The summed E-state index contributed by atoms with van der Waals surface area (Å²) in [5, 5.41) is 4.43. The van der Waals surface area contributed by atoms with E-state index < -0.39 is 0 Å². The number of benzene rings is 1. The summed E-state index contributed by atoms with van der Waals surface area (Å²) in [7, 11) is 0. The van der Waals surface area contributed by atoms with Gasteiger partial charge in [0.1, 0.15) is 5.69 Å². The van der Waals surface area contributed by atoms with Crippen LogP contribution in [-0.4, -0.2) is 55.6 Å². The Morgan fingerprint density at radius 2 is 1.78 bits per heavy atom. The summed E-state index contributed by atoms with van der Waals surface area (Å²) in [5.41, 5.74) is 1.82. The zero-order valence-corrected chi connectivity index (χ0v) is 19.6. The van der Waals surface area contributed by atoms with Crippen LogP contribution >= 0.6 is 0 Å². The summed E-state index contributed by atoms with van der Waals surface area (Å²) in [4.78, 5) is 31.4. The molecule has 3 fully saturated rings. The molecule has 0 spiro atoms. The monoisotopic (exact) mass is 434 g/mol. The molecule has 0 unspecified atom stereocenters. The first-order valence-electron chi connectivity index (χ1n) is 12.0. The minimum absolute atomic E-state index is 0.00422. The Morgan fingerprint density at radius 1 is 1.09 bits per heavy atom. The predicted octanol–water partition coefficient (Wildman–Crippen LogP) is 4.08. The smallest absolute Gasteiger partial charge is 0.272 e. The second-order valence-electron chi connectivity index (χ2n) is 10.4. The van der Waals surface area contributed by atoms with E-state index in [2.05, 4.69) is 59.9 Å².